The Hall–Kier alpha value is -1.59. The van der Waals surface area contributed by atoms with Crippen LogP contribution in [0.25, 0.3) is 0 Å². The SMILES string of the molecule is CCCn1nc(C)c([N+](=O)[O-])c1NCC1CCCCC1C. The molecule has 6 heteroatoms. The molecule has 0 radical (unpaired) electrons. The van der Waals surface area contributed by atoms with E-state index in [1.54, 1.807) is 11.6 Å². The minimum absolute atomic E-state index is 0.131. The first-order valence-electron chi connectivity index (χ1n) is 8.00. The highest BCUT2D eigenvalue weighted by atomic mass is 16.6. The number of aryl methyl sites for hydroxylation is 2. The van der Waals surface area contributed by atoms with E-state index in [1.807, 2.05) is 0 Å². The normalized spacial score (nSPS) is 22.2. The fourth-order valence-corrected chi connectivity index (χ4v) is 3.26. The highest BCUT2D eigenvalue weighted by Gasteiger charge is 2.27. The van der Waals surface area contributed by atoms with Gasteiger partial charge in [-0.15, -0.1) is 0 Å². The number of nitrogens with one attached hydrogen (secondary N) is 1. The van der Waals surface area contributed by atoms with Crippen LogP contribution in [0.3, 0.4) is 0 Å². The van der Waals surface area contributed by atoms with E-state index in [1.165, 1.54) is 25.7 Å². The first kappa shape index (κ1) is 15.8. The molecule has 21 heavy (non-hydrogen) atoms. The number of rotatable bonds is 6. The monoisotopic (exact) mass is 294 g/mol. The van der Waals surface area contributed by atoms with Gasteiger partial charge in [0.1, 0.15) is 5.69 Å². The van der Waals surface area contributed by atoms with Crippen LogP contribution < -0.4 is 5.32 Å². The molecule has 1 heterocycles. The van der Waals surface area contributed by atoms with Crippen LogP contribution in [0.1, 0.15) is 51.6 Å². The largest absolute Gasteiger partial charge is 0.364 e. The van der Waals surface area contributed by atoms with Crippen LogP contribution in [-0.4, -0.2) is 21.2 Å². The highest BCUT2D eigenvalue weighted by Crippen LogP contribution is 2.32. The van der Waals surface area contributed by atoms with Crippen molar-refractivity contribution in [1.29, 1.82) is 0 Å². The molecule has 0 spiro atoms. The standard InChI is InChI=1S/C15H26N4O2/c1-4-9-18-15(14(19(20)21)12(3)17-18)16-10-13-8-6-5-7-11(13)2/h11,13,16H,4-10H2,1-3H3. The lowest BCUT2D eigenvalue weighted by molar-refractivity contribution is -0.384. The first-order chi connectivity index (χ1) is 10.0. The van der Waals surface area contributed by atoms with E-state index in [9.17, 15) is 10.1 Å². The smallest absolute Gasteiger partial charge is 0.333 e. The van der Waals surface area contributed by atoms with Gasteiger partial charge in [-0.3, -0.25) is 10.1 Å². The molecule has 1 aromatic rings. The lowest BCUT2D eigenvalue weighted by Crippen LogP contribution is -2.25. The second-order valence-corrected chi connectivity index (χ2v) is 6.17. The van der Waals surface area contributed by atoms with Gasteiger partial charge in [0.05, 0.1) is 4.92 Å². The summed E-state index contributed by atoms with van der Waals surface area (Å²) >= 11 is 0. The maximum Gasteiger partial charge on any atom is 0.333 e. The van der Waals surface area contributed by atoms with Crippen molar-refractivity contribution in [3.05, 3.63) is 15.8 Å². The average Bonchev–Trinajstić information content (AvgIpc) is 2.74. The number of nitrogens with zero attached hydrogens (tertiary/aromatic N) is 3. The molecule has 1 aliphatic carbocycles. The van der Waals surface area contributed by atoms with Crippen molar-refractivity contribution in [3.63, 3.8) is 0 Å². The predicted octanol–water partition coefficient (Wildman–Crippen LogP) is 3.75. The summed E-state index contributed by atoms with van der Waals surface area (Å²) in [6.45, 7) is 7.55. The zero-order valence-corrected chi connectivity index (χ0v) is 13.3. The van der Waals surface area contributed by atoms with Crippen LogP contribution in [0.5, 0.6) is 0 Å². The number of nitro groups is 1. The topological polar surface area (TPSA) is 73.0 Å². The number of hydrogen-bond acceptors (Lipinski definition) is 4. The Morgan fingerprint density at radius 3 is 2.76 bits per heavy atom. The van der Waals surface area contributed by atoms with Crippen molar-refractivity contribution in [3.8, 4) is 0 Å². The molecule has 1 aromatic heterocycles. The van der Waals surface area contributed by atoms with Gasteiger partial charge in [-0.1, -0.05) is 33.1 Å². The summed E-state index contributed by atoms with van der Waals surface area (Å²) in [5, 5.41) is 18.9. The Morgan fingerprint density at radius 2 is 2.14 bits per heavy atom. The zero-order valence-electron chi connectivity index (χ0n) is 13.3. The van der Waals surface area contributed by atoms with Gasteiger partial charge in [-0.05, 0) is 31.6 Å². The molecule has 1 aliphatic rings. The molecular formula is C15H26N4O2. The predicted molar refractivity (Wildman–Crippen MR) is 83.5 cm³/mol. The molecule has 2 rings (SSSR count). The van der Waals surface area contributed by atoms with E-state index in [0.717, 1.165) is 13.0 Å². The third-order valence-corrected chi connectivity index (χ3v) is 4.53. The van der Waals surface area contributed by atoms with Crippen molar-refractivity contribution in [2.75, 3.05) is 11.9 Å². The quantitative estimate of drug-likeness (QED) is 0.640. The molecule has 118 valence electrons. The Morgan fingerprint density at radius 1 is 1.43 bits per heavy atom. The summed E-state index contributed by atoms with van der Waals surface area (Å²) < 4.78 is 1.75. The number of anilines is 1. The Kier molecular flexibility index (Phi) is 5.20. The first-order valence-corrected chi connectivity index (χ1v) is 8.00. The number of aromatic nitrogens is 2. The molecule has 2 unspecified atom stereocenters. The third kappa shape index (κ3) is 3.54. The van der Waals surface area contributed by atoms with Crippen LogP contribution in [0.15, 0.2) is 0 Å². The molecule has 1 N–H and O–H groups in total. The van der Waals surface area contributed by atoms with Crippen LogP contribution in [0.4, 0.5) is 11.5 Å². The summed E-state index contributed by atoms with van der Waals surface area (Å²) in [5.41, 5.74) is 0.625. The summed E-state index contributed by atoms with van der Waals surface area (Å²) in [6, 6.07) is 0. The third-order valence-electron chi connectivity index (χ3n) is 4.53. The van der Waals surface area contributed by atoms with Gasteiger partial charge in [0.2, 0.25) is 5.82 Å². The van der Waals surface area contributed by atoms with Gasteiger partial charge >= 0.3 is 5.69 Å². The maximum absolute atomic E-state index is 11.3. The lowest BCUT2D eigenvalue weighted by atomic mass is 9.80. The molecule has 0 aliphatic heterocycles. The summed E-state index contributed by atoms with van der Waals surface area (Å²) in [5.74, 6) is 1.87. The van der Waals surface area contributed by atoms with Crippen molar-refractivity contribution < 1.29 is 4.92 Å². The maximum atomic E-state index is 11.3. The Labute approximate surface area is 126 Å². The van der Waals surface area contributed by atoms with E-state index in [0.29, 0.717) is 29.9 Å². The van der Waals surface area contributed by atoms with Crippen LogP contribution in [0, 0.1) is 28.9 Å². The molecule has 2 atom stereocenters. The fourth-order valence-electron chi connectivity index (χ4n) is 3.26. The van der Waals surface area contributed by atoms with Crippen molar-refractivity contribution in [1.82, 2.24) is 9.78 Å². The molecule has 0 aromatic carbocycles. The molecule has 0 bridgehead atoms. The van der Waals surface area contributed by atoms with Crippen LogP contribution >= 0.6 is 0 Å². The van der Waals surface area contributed by atoms with Gasteiger partial charge < -0.3 is 5.32 Å². The molecule has 6 nitrogen and oxygen atoms in total. The van der Waals surface area contributed by atoms with E-state index in [2.05, 4.69) is 24.3 Å². The van der Waals surface area contributed by atoms with Gasteiger partial charge in [0.15, 0.2) is 0 Å². The van der Waals surface area contributed by atoms with Crippen molar-refractivity contribution in [2.24, 2.45) is 11.8 Å². The van der Waals surface area contributed by atoms with Gasteiger partial charge in [0, 0.05) is 13.1 Å². The molecule has 1 saturated carbocycles. The lowest BCUT2D eigenvalue weighted by Gasteiger charge is -2.29. The Bertz CT molecular complexity index is 498. The van der Waals surface area contributed by atoms with E-state index >= 15 is 0 Å². The molecule has 0 saturated heterocycles. The van der Waals surface area contributed by atoms with E-state index in [-0.39, 0.29) is 10.6 Å². The fraction of sp³-hybridized carbons (Fsp3) is 0.800. The zero-order chi connectivity index (χ0) is 15.4. The minimum Gasteiger partial charge on any atom is -0.364 e. The number of hydrogen-bond donors (Lipinski definition) is 1. The molecular weight excluding hydrogens is 268 g/mol. The molecule has 0 amide bonds. The average molecular weight is 294 g/mol. The van der Waals surface area contributed by atoms with Gasteiger partial charge in [-0.2, -0.15) is 5.10 Å². The van der Waals surface area contributed by atoms with Gasteiger partial charge in [-0.25, -0.2) is 4.68 Å². The second kappa shape index (κ2) is 6.91. The van der Waals surface area contributed by atoms with E-state index in [4.69, 9.17) is 0 Å². The van der Waals surface area contributed by atoms with Crippen LogP contribution in [-0.2, 0) is 6.54 Å². The molecule has 1 fully saturated rings. The second-order valence-electron chi connectivity index (χ2n) is 6.17. The highest BCUT2D eigenvalue weighted by molar-refractivity contribution is 5.59. The summed E-state index contributed by atoms with van der Waals surface area (Å²) in [7, 11) is 0. The van der Waals surface area contributed by atoms with Crippen molar-refractivity contribution in [2.45, 2.75) is 59.4 Å². The minimum atomic E-state index is -0.318. The van der Waals surface area contributed by atoms with E-state index < -0.39 is 0 Å². The van der Waals surface area contributed by atoms with Gasteiger partial charge in [0.25, 0.3) is 0 Å². The van der Waals surface area contributed by atoms with Crippen LogP contribution in [0.2, 0.25) is 0 Å². The summed E-state index contributed by atoms with van der Waals surface area (Å²) in [4.78, 5) is 11.0. The Balaban J connectivity index is 2.15. The summed E-state index contributed by atoms with van der Waals surface area (Å²) in [6.07, 6.45) is 5.97. The van der Waals surface area contributed by atoms with Crippen molar-refractivity contribution >= 4 is 11.5 Å².